The van der Waals surface area contributed by atoms with Crippen LogP contribution in [0, 0.1) is 0 Å². The highest BCUT2D eigenvalue weighted by atomic mass is 32.2. The van der Waals surface area contributed by atoms with Crippen molar-refractivity contribution < 1.29 is 24.2 Å². The zero-order valence-corrected chi connectivity index (χ0v) is 14.2. The van der Waals surface area contributed by atoms with Gasteiger partial charge in [0, 0.05) is 18.6 Å². The summed E-state index contributed by atoms with van der Waals surface area (Å²) in [6.45, 7) is 6.33. The molecule has 1 aliphatic heterocycles. The summed E-state index contributed by atoms with van der Waals surface area (Å²) < 4.78 is 4.37. The molecule has 1 fully saturated rings. The van der Waals surface area contributed by atoms with Crippen LogP contribution in [0.2, 0.25) is 0 Å². The van der Waals surface area contributed by atoms with Crippen molar-refractivity contribution in [3.63, 3.8) is 0 Å². The molecule has 1 amide bonds. The van der Waals surface area contributed by atoms with Gasteiger partial charge in [0.25, 0.3) is 0 Å². The maximum absolute atomic E-state index is 12.0. The zero-order chi connectivity index (χ0) is 17.4. The Balaban J connectivity index is 2.35. The van der Waals surface area contributed by atoms with E-state index in [1.165, 1.54) is 30.5 Å². The van der Waals surface area contributed by atoms with Crippen LogP contribution in [0.1, 0.15) is 38.6 Å². The first kappa shape index (κ1) is 17.3. The molecular weight excluding hydrogens is 318 g/mol. The number of benzene rings is 1. The van der Waals surface area contributed by atoms with E-state index >= 15 is 0 Å². The summed E-state index contributed by atoms with van der Waals surface area (Å²) in [6, 6.07) is 5.86. The standard InChI is InChI=1S/C16H19NO5S/c1-9(18)17-13(15(20)21)16(3,4)23-14(17)11-5-7-12(8-6-11)22-10(2)19/h5-8,13-14H,1-4H3,(H,20,21)/t13?,14-/m0/s1. The van der Waals surface area contributed by atoms with E-state index in [0.717, 1.165) is 5.56 Å². The maximum Gasteiger partial charge on any atom is 0.327 e. The molecule has 1 aromatic carbocycles. The molecule has 1 unspecified atom stereocenters. The average Bonchev–Trinajstić information content (AvgIpc) is 2.70. The van der Waals surface area contributed by atoms with Crippen LogP contribution in [0.15, 0.2) is 24.3 Å². The van der Waals surface area contributed by atoms with Crippen molar-refractivity contribution in [1.29, 1.82) is 0 Å². The Hall–Kier alpha value is -2.02. The molecule has 124 valence electrons. The molecular formula is C16H19NO5S. The number of aliphatic carboxylic acids is 1. The van der Waals surface area contributed by atoms with Crippen LogP contribution >= 0.6 is 11.8 Å². The second-order valence-electron chi connectivity index (χ2n) is 5.90. The molecule has 0 aliphatic carbocycles. The number of nitrogens with zero attached hydrogens (tertiary/aromatic N) is 1. The number of carboxylic acids is 1. The van der Waals surface area contributed by atoms with Gasteiger partial charge in [0.1, 0.15) is 17.2 Å². The summed E-state index contributed by atoms with van der Waals surface area (Å²) in [5.74, 6) is -1.31. The van der Waals surface area contributed by atoms with Crippen LogP contribution in [0.25, 0.3) is 0 Å². The highest BCUT2D eigenvalue weighted by molar-refractivity contribution is 8.01. The molecule has 7 heteroatoms. The Kier molecular flexibility index (Phi) is 4.70. The lowest BCUT2D eigenvalue weighted by atomic mass is 10.0. The Morgan fingerprint density at radius 1 is 1.17 bits per heavy atom. The highest BCUT2D eigenvalue weighted by Crippen LogP contribution is 2.52. The third-order valence-electron chi connectivity index (χ3n) is 3.63. The number of carbonyl (C=O) groups excluding carboxylic acids is 2. The van der Waals surface area contributed by atoms with Gasteiger partial charge in [-0.1, -0.05) is 12.1 Å². The van der Waals surface area contributed by atoms with Crippen molar-refractivity contribution in [2.24, 2.45) is 0 Å². The van der Waals surface area contributed by atoms with E-state index in [2.05, 4.69) is 0 Å². The number of thioether (sulfide) groups is 1. The van der Waals surface area contributed by atoms with Gasteiger partial charge in [0.05, 0.1) is 0 Å². The topological polar surface area (TPSA) is 83.9 Å². The SMILES string of the molecule is CC(=O)Oc1ccc([C@@H]2SC(C)(C)C(C(=O)O)N2C(C)=O)cc1. The molecule has 1 N–H and O–H groups in total. The second kappa shape index (κ2) is 6.23. The lowest BCUT2D eigenvalue weighted by molar-refractivity contribution is -0.150. The number of carbonyl (C=O) groups is 3. The molecule has 1 heterocycles. The second-order valence-corrected chi connectivity index (χ2v) is 7.64. The molecule has 1 aliphatic rings. The van der Waals surface area contributed by atoms with Crippen LogP contribution in [-0.4, -0.2) is 38.6 Å². The van der Waals surface area contributed by atoms with Crippen molar-refractivity contribution >= 4 is 29.6 Å². The predicted octanol–water partition coefficient (Wildman–Crippen LogP) is 2.44. The minimum absolute atomic E-state index is 0.287. The number of hydrogen-bond acceptors (Lipinski definition) is 5. The normalized spacial score (nSPS) is 22.7. The van der Waals surface area contributed by atoms with Gasteiger partial charge in [0.15, 0.2) is 0 Å². The van der Waals surface area contributed by atoms with Crippen molar-refractivity contribution in [2.45, 2.75) is 43.9 Å². The van der Waals surface area contributed by atoms with Crippen LogP contribution in [0.5, 0.6) is 5.75 Å². The fraction of sp³-hybridized carbons (Fsp3) is 0.438. The van der Waals surface area contributed by atoms with Crippen molar-refractivity contribution in [3.05, 3.63) is 29.8 Å². The molecule has 0 aromatic heterocycles. The fourth-order valence-corrected chi connectivity index (χ4v) is 4.33. The number of rotatable bonds is 3. The first-order valence-corrected chi connectivity index (χ1v) is 7.99. The van der Waals surface area contributed by atoms with Gasteiger partial charge in [-0.3, -0.25) is 9.59 Å². The molecule has 1 aromatic rings. The molecule has 2 atom stereocenters. The fourth-order valence-electron chi connectivity index (χ4n) is 2.74. The number of ether oxygens (including phenoxy) is 1. The van der Waals surface area contributed by atoms with Crippen molar-refractivity contribution in [3.8, 4) is 5.75 Å². The number of hydrogen-bond donors (Lipinski definition) is 1. The van der Waals surface area contributed by atoms with E-state index in [0.29, 0.717) is 5.75 Å². The van der Waals surface area contributed by atoms with Gasteiger partial charge in [-0.05, 0) is 31.5 Å². The van der Waals surface area contributed by atoms with E-state index in [4.69, 9.17) is 4.74 Å². The minimum atomic E-state index is -1.02. The van der Waals surface area contributed by atoms with Crippen LogP contribution < -0.4 is 4.74 Å². The molecule has 0 saturated carbocycles. The Morgan fingerprint density at radius 3 is 2.17 bits per heavy atom. The lowest BCUT2D eigenvalue weighted by Crippen LogP contribution is -2.48. The maximum atomic E-state index is 12.0. The predicted molar refractivity (Wildman–Crippen MR) is 86.1 cm³/mol. The quantitative estimate of drug-likeness (QED) is 0.674. The van der Waals surface area contributed by atoms with Crippen LogP contribution in [-0.2, 0) is 14.4 Å². The molecule has 0 bridgehead atoms. The lowest BCUT2D eigenvalue weighted by Gasteiger charge is -2.28. The Bertz CT molecular complexity index is 640. The summed E-state index contributed by atoms with van der Waals surface area (Å²) in [6.07, 6.45) is 0. The number of amides is 1. The van der Waals surface area contributed by atoms with E-state index in [1.54, 1.807) is 24.3 Å². The smallest absolute Gasteiger partial charge is 0.327 e. The number of carboxylic acid groups (broad SMARTS) is 1. The third-order valence-corrected chi connectivity index (χ3v) is 5.18. The van der Waals surface area contributed by atoms with Gasteiger partial charge < -0.3 is 14.7 Å². The van der Waals surface area contributed by atoms with E-state index in [1.807, 2.05) is 13.8 Å². The molecule has 2 rings (SSSR count). The molecule has 0 radical (unpaired) electrons. The highest BCUT2D eigenvalue weighted by Gasteiger charge is 2.52. The van der Waals surface area contributed by atoms with E-state index < -0.39 is 28.1 Å². The van der Waals surface area contributed by atoms with Gasteiger partial charge >= 0.3 is 11.9 Å². The van der Waals surface area contributed by atoms with Gasteiger partial charge in [0.2, 0.25) is 5.91 Å². The minimum Gasteiger partial charge on any atom is -0.480 e. The van der Waals surface area contributed by atoms with Crippen LogP contribution in [0.4, 0.5) is 0 Å². The molecule has 6 nitrogen and oxygen atoms in total. The Morgan fingerprint density at radius 2 is 1.74 bits per heavy atom. The largest absolute Gasteiger partial charge is 0.480 e. The molecule has 23 heavy (non-hydrogen) atoms. The van der Waals surface area contributed by atoms with Crippen LogP contribution in [0.3, 0.4) is 0 Å². The van der Waals surface area contributed by atoms with Crippen molar-refractivity contribution in [1.82, 2.24) is 4.90 Å². The summed E-state index contributed by atoms with van der Waals surface area (Å²) in [5, 5.41) is 9.12. The van der Waals surface area contributed by atoms with E-state index in [9.17, 15) is 19.5 Å². The summed E-state index contributed by atoms with van der Waals surface area (Å²) in [4.78, 5) is 36.0. The Labute approximate surface area is 138 Å². The monoisotopic (exact) mass is 337 g/mol. The molecule has 0 spiro atoms. The van der Waals surface area contributed by atoms with E-state index in [-0.39, 0.29) is 5.91 Å². The zero-order valence-electron chi connectivity index (χ0n) is 13.4. The van der Waals surface area contributed by atoms with Gasteiger partial charge in [-0.15, -0.1) is 11.8 Å². The first-order valence-electron chi connectivity index (χ1n) is 7.11. The summed E-state index contributed by atoms with van der Waals surface area (Å²) in [5.41, 5.74) is 0.790. The van der Waals surface area contributed by atoms with Crippen molar-refractivity contribution in [2.75, 3.05) is 0 Å². The first-order chi connectivity index (χ1) is 10.6. The number of esters is 1. The third kappa shape index (κ3) is 3.50. The average molecular weight is 337 g/mol. The van der Waals surface area contributed by atoms with Gasteiger partial charge in [-0.2, -0.15) is 0 Å². The van der Waals surface area contributed by atoms with Gasteiger partial charge in [-0.25, -0.2) is 4.79 Å². The molecule has 1 saturated heterocycles. The summed E-state index contributed by atoms with van der Waals surface area (Å²) >= 11 is 1.43. The summed E-state index contributed by atoms with van der Waals surface area (Å²) in [7, 11) is 0.